The van der Waals surface area contributed by atoms with Crippen LogP contribution in [-0.2, 0) is 7.05 Å². The highest BCUT2D eigenvalue weighted by Gasteiger charge is 2.30. The van der Waals surface area contributed by atoms with E-state index in [4.69, 9.17) is 4.74 Å². The lowest BCUT2D eigenvalue weighted by atomic mass is 9.89. The summed E-state index contributed by atoms with van der Waals surface area (Å²) in [6.07, 6.45) is 6.27. The van der Waals surface area contributed by atoms with Crippen molar-refractivity contribution in [3.05, 3.63) is 12.4 Å². The van der Waals surface area contributed by atoms with Crippen LogP contribution < -0.4 is 10.1 Å². The quantitative estimate of drug-likeness (QED) is 0.777. The van der Waals surface area contributed by atoms with Crippen LogP contribution in [0.15, 0.2) is 12.4 Å². The molecule has 14 heavy (non-hydrogen) atoms. The lowest BCUT2D eigenvalue weighted by Crippen LogP contribution is -2.46. The molecule has 1 aromatic heterocycles. The first-order valence-corrected chi connectivity index (χ1v) is 5.16. The smallest absolute Gasteiger partial charge is 0.157 e. The molecule has 4 heteroatoms. The van der Waals surface area contributed by atoms with Gasteiger partial charge in [0.2, 0.25) is 0 Å². The Hall–Kier alpha value is -1.03. The van der Waals surface area contributed by atoms with E-state index >= 15 is 0 Å². The fraction of sp³-hybridized carbons (Fsp3) is 0.700. The topological polar surface area (TPSA) is 39.1 Å². The molecule has 0 amide bonds. The fourth-order valence-corrected chi connectivity index (χ4v) is 1.77. The van der Waals surface area contributed by atoms with Crippen LogP contribution in [0.4, 0.5) is 0 Å². The summed E-state index contributed by atoms with van der Waals surface area (Å²) in [5.74, 6) is 0.882. The van der Waals surface area contributed by atoms with Crippen LogP contribution in [-0.4, -0.2) is 28.5 Å². The molecule has 1 aromatic rings. The molecule has 1 aliphatic carbocycles. The fourth-order valence-electron chi connectivity index (χ4n) is 1.77. The molecule has 0 aliphatic heterocycles. The third-order valence-corrected chi connectivity index (χ3v) is 2.57. The number of aryl methyl sites for hydroxylation is 1. The molecular weight excluding hydrogens is 178 g/mol. The second-order valence-corrected chi connectivity index (χ2v) is 3.82. The normalized spacial score (nSPS) is 25.9. The van der Waals surface area contributed by atoms with Crippen LogP contribution in [0.1, 0.15) is 19.8 Å². The van der Waals surface area contributed by atoms with E-state index in [-0.39, 0.29) is 0 Å². The third-order valence-electron chi connectivity index (χ3n) is 2.57. The van der Waals surface area contributed by atoms with Crippen molar-refractivity contribution in [2.75, 3.05) is 6.54 Å². The average Bonchev–Trinajstić information content (AvgIpc) is 2.48. The molecule has 0 unspecified atom stereocenters. The van der Waals surface area contributed by atoms with E-state index in [1.165, 1.54) is 0 Å². The second-order valence-electron chi connectivity index (χ2n) is 3.82. The van der Waals surface area contributed by atoms with E-state index < -0.39 is 0 Å². The summed E-state index contributed by atoms with van der Waals surface area (Å²) in [4.78, 5) is 0. The van der Waals surface area contributed by atoms with Gasteiger partial charge in [-0.2, -0.15) is 5.10 Å². The lowest BCUT2D eigenvalue weighted by Gasteiger charge is -2.35. The molecule has 1 saturated carbocycles. The van der Waals surface area contributed by atoms with E-state index in [0.717, 1.165) is 25.1 Å². The molecule has 0 saturated heterocycles. The van der Waals surface area contributed by atoms with Gasteiger partial charge < -0.3 is 10.1 Å². The number of hydrogen-bond acceptors (Lipinski definition) is 3. The SMILES string of the molecule is CCNC1CC(Oc2cnn(C)c2)C1. The first-order valence-electron chi connectivity index (χ1n) is 5.16. The van der Waals surface area contributed by atoms with E-state index in [9.17, 15) is 0 Å². The molecule has 1 fully saturated rings. The van der Waals surface area contributed by atoms with Crippen LogP contribution >= 0.6 is 0 Å². The largest absolute Gasteiger partial charge is 0.487 e. The summed E-state index contributed by atoms with van der Waals surface area (Å²) < 4.78 is 7.48. The Morgan fingerprint density at radius 3 is 3.00 bits per heavy atom. The minimum Gasteiger partial charge on any atom is -0.487 e. The van der Waals surface area contributed by atoms with Gasteiger partial charge in [0.25, 0.3) is 0 Å². The molecule has 0 atom stereocenters. The summed E-state index contributed by atoms with van der Waals surface area (Å²) in [5.41, 5.74) is 0. The Labute approximate surface area is 84.3 Å². The van der Waals surface area contributed by atoms with E-state index in [1.807, 2.05) is 13.2 Å². The van der Waals surface area contributed by atoms with Gasteiger partial charge in [-0.25, -0.2) is 0 Å². The lowest BCUT2D eigenvalue weighted by molar-refractivity contribution is 0.0859. The molecular formula is C10H17N3O. The van der Waals surface area contributed by atoms with Crippen LogP contribution in [0.5, 0.6) is 5.75 Å². The summed E-state index contributed by atoms with van der Waals surface area (Å²) in [7, 11) is 1.90. The maximum Gasteiger partial charge on any atom is 0.157 e. The minimum atomic E-state index is 0.378. The van der Waals surface area contributed by atoms with Gasteiger partial charge in [0.1, 0.15) is 6.10 Å². The van der Waals surface area contributed by atoms with E-state index in [0.29, 0.717) is 12.1 Å². The zero-order valence-corrected chi connectivity index (χ0v) is 8.73. The summed E-state index contributed by atoms with van der Waals surface area (Å²) in [6.45, 7) is 3.18. The second kappa shape index (κ2) is 4.00. The van der Waals surface area contributed by atoms with Crippen molar-refractivity contribution in [3.8, 4) is 5.75 Å². The van der Waals surface area contributed by atoms with Crippen molar-refractivity contribution in [1.82, 2.24) is 15.1 Å². The van der Waals surface area contributed by atoms with Crippen molar-refractivity contribution in [1.29, 1.82) is 0 Å². The Morgan fingerprint density at radius 2 is 2.43 bits per heavy atom. The minimum absolute atomic E-state index is 0.378. The number of rotatable bonds is 4. The number of aromatic nitrogens is 2. The summed E-state index contributed by atoms with van der Waals surface area (Å²) in [5, 5.41) is 7.46. The molecule has 0 aromatic carbocycles. The van der Waals surface area contributed by atoms with E-state index in [1.54, 1.807) is 10.9 Å². The molecule has 78 valence electrons. The van der Waals surface area contributed by atoms with Gasteiger partial charge in [-0.1, -0.05) is 6.92 Å². The van der Waals surface area contributed by atoms with Crippen LogP contribution in [0.25, 0.3) is 0 Å². The number of nitrogens with one attached hydrogen (secondary N) is 1. The Kier molecular flexibility index (Phi) is 2.72. The van der Waals surface area contributed by atoms with Crippen molar-refractivity contribution in [2.45, 2.75) is 31.9 Å². The van der Waals surface area contributed by atoms with Crippen molar-refractivity contribution in [2.24, 2.45) is 7.05 Å². The first-order chi connectivity index (χ1) is 6.78. The van der Waals surface area contributed by atoms with Gasteiger partial charge in [-0.15, -0.1) is 0 Å². The maximum atomic E-state index is 5.72. The van der Waals surface area contributed by atoms with Gasteiger partial charge in [0, 0.05) is 13.1 Å². The summed E-state index contributed by atoms with van der Waals surface area (Å²) in [6, 6.07) is 0.654. The number of ether oxygens (including phenoxy) is 1. The van der Waals surface area contributed by atoms with Crippen molar-refractivity contribution in [3.63, 3.8) is 0 Å². The van der Waals surface area contributed by atoms with Gasteiger partial charge in [0.05, 0.1) is 12.4 Å². The Bertz CT molecular complexity index is 291. The molecule has 0 radical (unpaired) electrons. The van der Waals surface area contributed by atoms with Crippen LogP contribution in [0.2, 0.25) is 0 Å². The Balaban J connectivity index is 1.74. The monoisotopic (exact) mass is 195 g/mol. The molecule has 1 N–H and O–H groups in total. The van der Waals surface area contributed by atoms with Gasteiger partial charge in [-0.05, 0) is 19.4 Å². The highest BCUT2D eigenvalue weighted by atomic mass is 16.5. The predicted octanol–water partition coefficient (Wildman–Crippen LogP) is 0.939. The highest BCUT2D eigenvalue weighted by molar-refractivity contribution is 5.12. The molecule has 0 spiro atoms. The molecule has 1 aliphatic rings. The Morgan fingerprint density at radius 1 is 1.64 bits per heavy atom. The van der Waals surface area contributed by atoms with Crippen LogP contribution in [0.3, 0.4) is 0 Å². The average molecular weight is 195 g/mol. The molecule has 2 rings (SSSR count). The third kappa shape index (κ3) is 2.07. The number of nitrogens with zero attached hydrogens (tertiary/aromatic N) is 2. The number of hydrogen-bond donors (Lipinski definition) is 1. The molecule has 1 heterocycles. The maximum absolute atomic E-state index is 5.72. The predicted molar refractivity (Wildman–Crippen MR) is 54.3 cm³/mol. The zero-order chi connectivity index (χ0) is 9.97. The van der Waals surface area contributed by atoms with Crippen molar-refractivity contribution < 1.29 is 4.74 Å². The zero-order valence-electron chi connectivity index (χ0n) is 8.73. The summed E-state index contributed by atoms with van der Waals surface area (Å²) >= 11 is 0. The van der Waals surface area contributed by atoms with Crippen LogP contribution in [0, 0.1) is 0 Å². The van der Waals surface area contributed by atoms with E-state index in [2.05, 4.69) is 17.3 Å². The standard InChI is InChI=1S/C10H17N3O/c1-3-11-8-4-9(5-8)14-10-6-12-13(2)7-10/h6-9,11H,3-5H2,1-2H3. The first kappa shape index (κ1) is 9.52. The highest BCUT2D eigenvalue weighted by Crippen LogP contribution is 2.25. The van der Waals surface area contributed by atoms with Crippen molar-refractivity contribution >= 4 is 0 Å². The molecule has 0 bridgehead atoms. The van der Waals surface area contributed by atoms with Gasteiger partial charge in [-0.3, -0.25) is 4.68 Å². The molecule has 4 nitrogen and oxygen atoms in total. The van der Waals surface area contributed by atoms with Gasteiger partial charge in [0.15, 0.2) is 5.75 Å². The van der Waals surface area contributed by atoms with Gasteiger partial charge >= 0.3 is 0 Å².